The molecule has 0 fully saturated rings. The summed E-state index contributed by atoms with van der Waals surface area (Å²) in [5, 5.41) is 14.1. The number of amides is 2. The molecule has 1 atom stereocenters. The summed E-state index contributed by atoms with van der Waals surface area (Å²) in [5.74, 6) is -0.796. The van der Waals surface area contributed by atoms with E-state index in [0.29, 0.717) is 19.4 Å². The summed E-state index contributed by atoms with van der Waals surface area (Å²) < 4.78 is 0. The second-order valence-corrected chi connectivity index (χ2v) is 4.74. The van der Waals surface area contributed by atoms with Gasteiger partial charge in [0.25, 0.3) is 0 Å². The van der Waals surface area contributed by atoms with Gasteiger partial charge in [0.15, 0.2) is 0 Å². The number of rotatable bonds is 9. The van der Waals surface area contributed by atoms with E-state index in [1.165, 1.54) is 0 Å². The van der Waals surface area contributed by atoms with E-state index in [9.17, 15) is 9.59 Å². The number of urea groups is 1. The maximum atomic E-state index is 11.4. The lowest BCUT2D eigenvalue weighted by Gasteiger charge is -2.14. The number of carboxylic acids is 1. The van der Waals surface area contributed by atoms with E-state index in [0.717, 1.165) is 13.0 Å². The van der Waals surface area contributed by atoms with Crippen molar-refractivity contribution < 1.29 is 14.7 Å². The van der Waals surface area contributed by atoms with E-state index in [1.807, 2.05) is 21.0 Å². The first-order chi connectivity index (χ1) is 8.41. The first-order valence-corrected chi connectivity index (χ1v) is 6.32. The third kappa shape index (κ3) is 11.2. The Balaban J connectivity index is 3.52. The quantitative estimate of drug-likeness (QED) is 0.537. The molecular weight excluding hydrogens is 234 g/mol. The second-order valence-electron chi connectivity index (χ2n) is 4.74. The summed E-state index contributed by atoms with van der Waals surface area (Å²) in [6, 6.07) is -0.185. The molecule has 0 aliphatic rings. The van der Waals surface area contributed by atoms with E-state index < -0.39 is 5.97 Å². The fourth-order valence-electron chi connectivity index (χ4n) is 1.50. The van der Waals surface area contributed by atoms with Gasteiger partial charge in [0.05, 0.1) is 0 Å². The molecule has 6 nitrogen and oxygen atoms in total. The number of carbonyl (C=O) groups excluding carboxylic acids is 1. The molecular formula is C12H25N3O3. The Bertz CT molecular complexity index is 257. The van der Waals surface area contributed by atoms with E-state index in [4.69, 9.17) is 5.11 Å². The minimum atomic E-state index is -0.796. The van der Waals surface area contributed by atoms with Crippen LogP contribution < -0.4 is 10.6 Å². The SMILES string of the molecule is CC(CCCC(=O)O)NC(=O)NCCCN(C)C. The molecule has 0 bridgehead atoms. The largest absolute Gasteiger partial charge is 0.481 e. The Hall–Kier alpha value is -1.30. The zero-order chi connectivity index (χ0) is 14.0. The van der Waals surface area contributed by atoms with Gasteiger partial charge in [0, 0.05) is 19.0 Å². The number of carbonyl (C=O) groups is 2. The molecule has 0 saturated heterocycles. The van der Waals surface area contributed by atoms with Crippen molar-refractivity contribution in [1.82, 2.24) is 15.5 Å². The molecule has 0 aromatic carbocycles. The molecule has 3 N–H and O–H groups in total. The third-order valence-electron chi connectivity index (χ3n) is 2.47. The molecule has 0 saturated carbocycles. The molecule has 0 heterocycles. The first-order valence-electron chi connectivity index (χ1n) is 6.32. The number of aliphatic carboxylic acids is 1. The van der Waals surface area contributed by atoms with E-state index in [1.54, 1.807) is 0 Å². The highest BCUT2D eigenvalue weighted by atomic mass is 16.4. The zero-order valence-electron chi connectivity index (χ0n) is 11.5. The van der Waals surface area contributed by atoms with Gasteiger partial charge in [-0.05, 0) is 46.8 Å². The molecule has 1 unspecified atom stereocenters. The van der Waals surface area contributed by atoms with Gasteiger partial charge in [0.1, 0.15) is 0 Å². The standard InChI is InChI=1S/C12H25N3O3/c1-10(6-4-7-11(16)17)14-12(18)13-8-5-9-15(2)3/h10H,4-9H2,1-3H3,(H,16,17)(H2,13,14,18). The van der Waals surface area contributed by atoms with Crippen LogP contribution in [0.5, 0.6) is 0 Å². The lowest BCUT2D eigenvalue weighted by molar-refractivity contribution is -0.137. The third-order valence-corrected chi connectivity index (χ3v) is 2.47. The van der Waals surface area contributed by atoms with Crippen LogP contribution >= 0.6 is 0 Å². The highest BCUT2D eigenvalue weighted by Gasteiger charge is 2.07. The van der Waals surface area contributed by atoms with Gasteiger partial charge in [-0.2, -0.15) is 0 Å². The number of carboxylic acid groups (broad SMARTS) is 1. The predicted molar refractivity (Wildman–Crippen MR) is 70.7 cm³/mol. The summed E-state index contributed by atoms with van der Waals surface area (Å²) in [7, 11) is 3.98. The van der Waals surface area contributed by atoms with Crippen LogP contribution in [0.2, 0.25) is 0 Å². The van der Waals surface area contributed by atoms with Crippen molar-refractivity contribution in [3.63, 3.8) is 0 Å². The Kier molecular flexibility index (Phi) is 9.00. The van der Waals surface area contributed by atoms with Crippen LogP contribution in [0.4, 0.5) is 4.79 Å². The summed E-state index contributed by atoms with van der Waals surface area (Å²) in [6.45, 7) is 3.46. The van der Waals surface area contributed by atoms with Crippen molar-refractivity contribution >= 4 is 12.0 Å². The van der Waals surface area contributed by atoms with Gasteiger partial charge >= 0.3 is 12.0 Å². The zero-order valence-corrected chi connectivity index (χ0v) is 11.5. The van der Waals surface area contributed by atoms with Gasteiger partial charge < -0.3 is 20.6 Å². The van der Waals surface area contributed by atoms with Gasteiger partial charge in [-0.25, -0.2) is 4.79 Å². The molecule has 0 aliphatic heterocycles. The fraction of sp³-hybridized carbons (Fsp3) is 0.833. The Morgan fingerprint density at radius 3 is 2.50 bits per heavy atom. The molecule has 106 valence electrons. The molecule has 2 amide bonds. The van der Waals surface area contributed by atoms with Crippen molar-refractivity contribution in [2.75, 3.05) is 27.2 Å². The van der Waals surface area contributed by atoms with Crippen LogP contribution in [0.25, 0.3) is 0 Å². The van der Waals surface area contributed by atoms with Gasteiger partial charge in [-0.15, -0.1) is 0 Å². The topological polar surface area (TPSA) is 81.7 Å². The smallest absolute Gasteiger partial charge is 0.314 e. The van der Waals surface area contributed by atoms with Crippen LogP contribution in [0.1, 0.15) is 32.6 Å². The Labute approximate surface area is 109 Å². The summed E-state index contributed by atoms with van der Waals surface area (Å²) in [4.78, 5) is 23.8. The molecule has 0 spiro atoms. The first kappa shape index (κ1) is 16.7. The van der Waals surface area contributed by atoms with E-state index >= 15 is 0 Å². The summed E-state index contributed by atoms with van der Waals surface area (Å²) in [5.41, 5.74) is 0. The average molecular weight is 259 g/mol. The van der Waals surface area contributed by atoms with Crippen molar-refractivity contribution in [2.45, 2.75) is 38.6 Å². The van der Waals surface area contributed by atoms with Crippen molar-refractivity contribution in [3.05, 3.63) is 0 Å². The highest BCUT2D eigenvalue weighted by molar-refractivity contribution is 5.74. The average Bonchev–Trinajstić information content (AvgIpc) is 2.23. The Morgan fingerprint density at radius 1 is 1.28 bits per heavy atom. The lowest BCUT2D eigenvalue weighted by atomic mass is 10.1. The van der Waals surface area contributed by atoms with E-state index in [-0.39, 0.29) is 18.5 Å². The number of hydrogen-bond donors (Lipinski definition) is 3. The van der Waals surface area contributed by atoms with Crippen molar-refractivity contribution in [3.8, 4) is 0 Å². The monoisotopic (exact) mass is 259 g/mol. The number of nitrogens with one attached hydrogen (secondary N) is 2. The maximum Gasteiger partial charge on any atom is 0.314 e. The van der Waals surface area contributed by atoms with Crippen LogP contribution in [0.15, 0.2) is 0 Å². The van der Waals surface area contributed by atoms with E-state index in [2.05, 4.69) is 15.5 Å². The molecule has 18 heavy (non-hydrogen) atoms. The molecule has 0 aliphatic carbocycles. The van der Waals surface area contributed by atoms with Crippen molar-refractivity contribution in [1.29, 1.82) is 0 Å². The number of nitrogens with zero attached hydrogens (tertiary/aromatic N) is 1. The molecule has 0 rings (SSSR count). The molecule has 0 radical (unpaired) electrons. The van der Waals surface area contributed by atoms with Gasteiger partial charge in [-0.1, -0.05) is 0 Å². The van der Waals surface area contributed by atoms with Crippen LogP contribution in [0.3, 0.4) is 0 Å². The van der Waals surface area contributed by atoms with Crippen molar-refractivity contribution in [2.24, 2.45) is 0 Å². The van der Waals surface area contributed by atoms with Gasteiger partial charge in [-0.3, -0.25) is 4.79 Å². The second kappa shape index (κ2) is 9.70. The normalized spacial score (nSPS) is 12.2. The highest BCUT2D eigenvalue weighted by Crippen LogP contribution is 2.00. The minimum Gasteiger partial charge on any atom is -0.481 e. The maximum absolute atomic E-state index is 11.4. The van der Waals surface area contributed by atoms with Gasteiger partial charge in [0.2, 0.25) is 0 Å². The number of hydrogen-bond acceptors (Lipinski definition) is 3. The van der Waals surface area contributed by atoms with Crippen LogP contribution in [0, 0.1) is 0 Å². The lowest BCUT2D eigenvalue weighted by Crippen LogP contribution is -2.41. The Morgan fingerprint density at radius 2 is 1.94 bits per heavy atom. The minimum absolute atomic E-state index is 0.00167. The molecule has 6 heteroatoms. The van der Waals surface area contributed by atoms with Crippen LogP contribution in [-0.2, 0) is 4.79 Å². The van der Waals surface area contributed by atoms with Crippen LogP contribution in [-0.4, -0.2) is 55.2 Å². The summed E-state index contributed by atoms with van der Waals surface area (Å²) >= 11 is 0. The predicted octanol–water partition coefficient (Wildman–Crippen LogP) is 0.881. The fourth-order valence-corrected chi connectivity index (χ4v) is 1.50. The molecule has 0 aromatic heterocycles. The molecule has 0 aromatic rings. The summed E-state index contributed by atoms with van der Waals surface area (Å²) in [6.07, 6.45) is 2.32.